The van der Waals surface area contributed by atoms with Gasteiger partial charge in [0.2, 0.25) is 5.91 Å². The number of hydrogen-bond acceptors (Lipinski definition) is 4. The standard InChI is InChI=1S/C27H33N3O4/c1-27(34-3,19-10-12-20(33-2)13-11-19)28-26(32)30-15-6-9-22-24(30)17-23-21-8-5-4-7-18(21)14-16-29(23)25(22)31/h4-5,7-8,10-13,22-24H,6,9,14-17H2,1-3H3,(H,28,32)/t22-,23+,24-,27-/m1/s1. The molecule has 2 aromatic carbocycles. The van der Waals surface area contributed by atoms with Crippen molar-refractivity contribution in [2.24, 2.45) is 5.92 Å². The minimum atomic E-state index is -1.00. The molecule has 34 heavy (non-hydrogen) atoms. The summed E-state index contributed by atoms with van der Waals surface area (Å²) in [5.74, 6) is 0.791. The minimum Gasteiger partial charge on any atom is -0.497 e. The summed E-state index contributed by atoms with van der Waals surface area (Å²) in [5.41, 5.74) is 2.36. The molecule has 0 bridgehead atoms. The number of fused-ring (bicyclic) bond motifs is 4. The van der Waals surface area contributed by atoms with Gasteiger partial charge in [0.1, 0.15) is 5.75 Å². The van der Waals surface area contributed by atoms with Crippen LogP contribution in [0.3, 0.4) is 0 Å². The summed E-state index contributed by atoms with van der Waals surface area (Å²) in [4.78, 5) is 31.1. The Morgan fingerprint density at radius 2 is 1.85 bits per heavy atom. The van der Waals surface area contributed by atoms with Crippen molar-refractivity contribution in [2.75, 3.05) is 27.3 Å². The van der Waals surface area contributed by atoms with Gasteiger partial charge in [-0.15, -0.1) is 0 Å². The van der Waals surface area contributed by atoms with E-state index in [9.17, 15) is 9.59 Å². The van der Waals surface area contributed by atoms with E-state index in [-0.39, 0.29) is 29.9 Å². The fraction of sp³-hybridized carbons (Fsp3) is 0.481. The van der Waals surface area contributed by atoms with Crippen molar-refractivity contribution in [1.29, 1.82) is 0 Å². The summed E-state index contributed by atoms with van der Waals surface area (Å²) in [7, 11) is 3.21. The van der Waals surface area contributed by atoms with Crippen LogP contribution in [0.2, 0.25) is 0 Å². The number of rotatable bonds is 4. The molecule has 0 spiro atoms. The molecule has 7 nitrogen and oxygen atoms in total. The van der Waals surface area contributed by atoms with Crippen LogP contribution in [0.15, 0.2) is 48.5 Å². The lowest BCUT2D eigenvalue weighted by Gasteiger charge is -2.51. The SMILES string of the molecule is COc1ccc([C@](C)(NC(=O)N2CCC[C@H]3C(=O)N4CCc5ccccc5[C@@H]4C[C@H]32)OC)cc1. The van der Waals surface area contributed by atoms with Crippen LogP contribution in [0.5, 0.6) is 5.75 Å². The summed E-state index contributed by atoms with van der Waals surface area (Å²) in [6, 6.07) is 15.6. The number of carbonyl (C=O) groups is 2. The van der Waals surface area contributed by atoms with Crippen LogP contribution in [0.1, 0.15) is 48.9 Å². The molecule has 0 radical (unpaired) electrons. The largest absolute Gasteiger partial charge is 0.497 e. The molecule has 2 saturated heterocycles. The number of carbonyl (C=O) groups excluding carboxylic acids is 2. The second-order valence-electron chi connectivity index (χ2n) is 9.64. The topological polar surface area (TPSA) is 71.1 Å². The first kappa shape index (κ1) is 22.7. The first-order valence-corrected chi connectivity index (χ1v) is 12.1. The van der Waals surface area contributed by atoms with E-state index < -0.39 is 5.72 Å². The quantitative estimate of drug-likeness (QED) is 0.700. The van der Waals surface area contributed by atoms with Gasteiger partial charge in [0, 0.05) is 31.8 Å². The Kier molecular flexibility index (Phi) is 5.98. The van der Waals surface area contributed by atoms with Crippen LogP contribution < -0.4 is 10.1 Å². The lowest BCUT2D eigenvalue weighted by atomic mass is 9.76. The average molecular weight is 464 g/mol. The van der Waals surface area contributed by atoms with Crippen LogP contribution in [0.4, 0.5) is 4.79 Å². The highest BCUT2D eigenvalue weighted by Gasteiger charge is 2.49. The third-order valence-electron chi connectivity index (χ3n) is 7.91. The molecule has 2 aromatic rings. The van der Waals surface area contributed by atoms with Crippen molar-refractivity contribution in [1.82, 2.24) is 15.1 Å². The molecule has 5 rings (SSSR count). The van der Waals surface area contributed by atoms with Crippen molar-refractivity contribution in [3.05, 3.63) is 65.2 Å². The highest BCUT2D eigenvalue weighted by atomic mass is 16.5. The van der Waals surface area contributed by atoms with Gasteiger partial charge in [-0.25, -0.2) is 4.79 Å². The molecule has 1 N–H and O–H groups in total. The minimum absolute atomic E-state index is 0.0301. The number of piperidine rings is 2. The summed E-state index contributed by atoms with van der Waals surface area (Å²) < 4.78 is 11.0. The summed E-state index contributed by atoms with van der Waals surface area (Å²) >= 11 is 0. The van der Waals surface area contributed by atoms with E-state index in [0.717, 1.165) is 43.5 Å². The smallest absolute Gasteiger partial charge is 0.320 e. The van der Waals surface area contributed by atoms with E-state index in [1.165, 1.54) is 11.1 Å². The second-order valence-corrected chi connectivity index (χ2v) is 9.64. The Labute approximate surface area is 201 Å². The molecule has 3 heterocycles. The number of hydrogen-bond donors (Lipinski definition) is 1. The molecule has 0 aromatic heterocycles. The van der Waals surface area contributed by atoms with Gasteiger partial charge < -0.3 is 24.6 Å². The van der Waals surface area contributed by atoms with Gasteiger partial charge in [-0.2, -0.15) is 0 Å². The first-order chi connectivity index (χ1) is 16.4. The molecule has 0 saturated carbocycles. The molecule has 4 atom stereocenters. The molecule has 180 valence electrons. The molecule has 3 amide bonds. The Hall–Kier alpha value is -3.06. The predicted molar refractivity (Wildman–Crippen MR) is 128 cm³/mol. The van der Waals surface area contributed by atoms with Crippen LogP contribution in [0, 0.1) is 5.92 Å². The predicted octanol–water partition coefficient (Wildman–Crippen LogP) is 3.83. The molecule has 3 aliphatic rings. The number of nitrogens with one attached hydrogen (secondary N) is 1. The average Bonchev–Trinajstić information content (AvgIpc) is 2.88. The van der Waals surface area contributed by atoms with Crippen LogP contribution in [-0.4, -0.2) is 55.1 Å². The van der Waals surface area contributed by atoms with E-state index in [1.54, 1.807) is 14.2 Å². The molecular formula is C27H33N3O4. The summed E-state index contributed by atoms with van der Waals surface area (Å²) in [6.45, 7) is 3.24. The van der Waals surface area contributed by atoms with Crippen LogP contribution >= 0.6 is 0 Å². The Balaban J connectivity index is 1.39. The second kappa shape index (κ2) is 8.95. The highest BCUT2D eigenvalue weighted by Crippen LogP contribution is 2.43. The number of nitrogens with zero attached hydrogens (tertiary/aromatic N) is 2. The maximum Gasteiger partial charge on any atom is 0.320 e. The van der Waals surface area contributed by atoms with Crippen molar-refractivity contribution in [3.8, 4) is 5.75 Å². The normalized spacial score (nSPS) is 25.5. The number of amides is 3. The fourth-order valence-electron chi connectivity index (χ4n) is 5.93. The van der Waals surface area contributed by atoms with Gasteiger partial charge in [0.15, 0.2) is 5.72 Å². The monoisotopic (exact) mass is 463 g/mol. The van der Waals surface area contributed by atoms with Crippen molar-refractivity contribution in [2.45, 2.75) is 50.4 Å². The number of ether oxygens (including phenoxy) is 2. The zero-order valence-corrected chi connectivity index (χ0v) is 20.1. The summed E-state index contributed by atoms with van der Waals surface area (Å²) in [5, 5.41) is 3.10. The number of methoxy groups -OCH3 is 2. The Morgan fingerprint density at radius 1 is 1.09 bits per heavy atom. The molecule has 7 heteroatoms. The van der Waals surface area contributed by atoms with E-state index in [1.807, 2.05) is 42.2 Å². The van der Waals surface area contributed by atoms with Gasteiger partial charge in [0.05, 0.1) is 19.1 Å². The molecule has 0 aliphatic carbocycles. The molecular weight excluding hydrogens is 430 g/mol. The van der Waals surface area contributed by atoms with Crippen molar-refractivity contribution < 1.29 is 19.1 Å². The zero-order chi connectivity index (χ0) is 23.9. The maximum atomic E-state index is 13.6. The van der Waals surface area contributed by atoms with Gasteiger partial charge in [-0.1, -0.05) is 36.4 Å². The van der Waals surface area contributed by atoms with E-state index >= 15 is 0 Å². The van der Waals surface area contributed by atoms with Gasteiger partial charge >= 0.3 is 6.03 Å². The number of urea groups is 1. The fourth-order valence-corrected chi connectivity index (χ4v) is 5.93. The zero-order valence-electron chi connectivity index (χ0n) is 20.1. The highest BCUT2D eigenvalue weighted by molar-refractivity contribution is 5.84. The summed E-state index contributed by atoms with van der Waals surface area (Å²) in [6.07, 6.45) is 3.32. The van der Waals surface area contributed by atoms with Gasteiger partial charge in [0.25, 0.3) is 0 Å². The van der Waals surface area contributed by atoms with Crippen molar-refractivity contribution >= 4 is 11.9 Å². The molecule has 0 unspecified atom stereocenters. The van der Waals surface area contributed by atoms with E-state index in [0.29, 0.717) is 6.54 Å². The lowest BCUT2D eigenvalue weighted by Crippen LogP contribution is -2.62. The number of likely N-dealkylation sites (tertiary alicyclic amines) is 1. The van der Waals surface area contributed by atoms with Gasteiger partial charge in [-0.05, 0) is 55.9 Å². The number of benzene rings is 2. The van der Waals surface area contributed by atoms with Crippen LogP contribution in [-0.2, 0) is 21.7 Å². The maximum absolute atomic E-state index is 13.6. The first-order valence-electron chi connectivity index (χ1n) is 12.1. The third kappa shape index (κ3) is 3.82. The Morgan fingerprint density at radius 3 is 2.59 bits per heavy atom. The lowest BCUT2D eigenvalue weighted by molar-refractivity contribution is -0.148. The van der Waals surface area contributed by atoms with E-state index in [2.05, 4.69) is 28.4 Å². The van der Waals surface area contributed by atoms with Gasteiger partial charge in [-0.3, -0.25) is 4.79 Å². The Bertz CT molecular complexity index is 1070. The van der Waals surface area contributed by atoms with Crippen molar-refractivity contribution in [3.63, 3.8) is 0 Å². The molecule has 2 fully saturated rings. The molecule has 3 aliphatic heterocycles. The third-order valence-corrected chi connectivity index (χ3v) is 7.91. The van der Waals surface area contributed by atoms with Crippen LogP contribution in [0.25, 0.3) is 0 Å². The van der Waals surface area contributed by atoms with E-state index in [4.69, 9.17) is 9.47 Å².